The van der Waals surface area contributed by atoms with Crippen LogP contribution in [0, 0.1) is 6.92 Å². The van der Waals surface area contributed by atoms with Gasteiger partial charge >= 0.3 is 0 Å². The molecular formula is C19H26N4O. The quantitative estimate of drug-likeness (QED) is 0.819. The van der Waals surface area contributed by atoms with Gasteiger partial charge in [0.25, 0.3) is 0 Å². The molecule has 5 heteroatoms. The van der Waals surface area contributed by atoms with Crippen LogP contribution in [0.3, 0.4) is 0 Å². The molecule has 0 fully saturated rings. The van der Waals surface area contributed by atoms with E-state index >= 15 is 0 Å². The average Bonchev–Trinajstić information content (AvgIpc) is 2.58. The van der Waals surface area contributed by atoms with Crippen LogP contribution in [0.5, 0.6) is 0 Å². The summed E-state index contributed by atoms with van der Waals surface area (Å²) >= 11 is 0. The van der Waals surface area contributed by atoms with E-state index in [0.29, 0.717) is 25.3 Å². The van der Waals surface area contributed by atoms with Gasteiger partial charge in [-0.3, -0.25) is 4.79 Å². The molecule has 2 rings (SSSR count). The number of amides is 1. The summed E-state index contributed by atoms with van der Waals surface area (Å²) in [6.07, 6.45) is 2.72. The third-order valence-corrected chi connectivity index (χ3v) is 3.99. The van der Waals surface area contributed by atoms with Gasteiger partial charge in [-0.1, -0.05) is 38.1 Å². The Kier molecular flexibility index (Phi) is 6.44. The first-order valence-corrected chi connectivity index (χ1v) is 8.36. The molecule has 0 saturated heterocycles. The zero-order valence-corrected chi connectivity index (χ0v) is 14.6. The maximum Gasteiger partial charge on any atom is 0.220 e. The number of benzene rings is 1. The van der Waals surface area contributed by atoms with E-state index in [1.807, 2.05) is 25.1 Å². The fourth-order valence-electron chi connectivity index (χ4n) is 2.44. The second kappa shape index (κ2) is 8.55. The van der Waals surface area contributed by atoms with Crippen molar-refractivity contribution >= 4 is 5.91 Å². The Morgan fingerprint density at radius 1 is 1.17 bits per heavy atom. The third kappa shape index (κ3) is 5.42. The molecule has 0 aliphatic rings. The first-order valence-electron chi connectivity index (χ1n) is 8.36. The van der Waals surface area contributed by atoms with Crippen LogP contribution in [0.2, 0.25) is 0 Å². The van der Waals surface area contributed by atoms with E-state index in [0.717, 1.165) is 17.1 Å². The Bertz CT molecular complexity index is 667. The summed E-state index contributed by atoms with van der Waals surface area (Å²) in [7, 11) is 0. The molecule has 0 aliphatic heterocycles. The lowest BCUT2D eigenvalue weighted by Crippen LogP contribution is -2.32. The smallest absolute Gasteiger partial charge is 0.220 e. The molecule has 5 nitrogen and oxygen atoms in total. The lowest BCUT2D eigenvalue weighted by Gasteiger charge is -2.14. The van der Waals surface area contributed by atoms with Crippen LogP contribution in [-0.4, -0.2) is 22.4 Å². The van der Waals surface area contributed by atoms with Crippen molar-refractivity contribution in [2.24, 2.45) is 5.73 Å². The maximum absolute atomic E-state index is 12.0. The molecule has 2 aromatic rings. The second-order valence-corrected chi connectivity index (χ2v) is 6.33. The van der Waals surface area contributed by atoms with E-state index < -0.39 is 0 Å². The minimum absolute atomic E-state index is 0.0134. The number of aromatic nitrogens is 2. The van der Waals surface area contributed by atoms with Crippen molar-refractivity contribution in [1.82, 2.24) is 15.3 Å². The predicted octanol–water partition coefficient (Wildman–Crippen LogP) is 2.66. The van der Waals surface area contributed by atoms with E-state index in [1.54, 1.807) is 6.20 Å². The molecule has 128 valence electrons. The molecule has 0 saturated carbocycles. The standard InChI is InChI=1S/C19H26N4O/c1-13(2)15-4-6-16(7-5-15)18(20)12-22-19(24)9-8-17-10-11-21-14(3)23-17/h4-7,10-11,13,18H,8-9,12,20H2,1-3H3,(H,22,24). The summed E-state index contributed by atoms with van der Waals surface area (Å²) in [6.45, 7) is 6.60. The second-order valence-electron chi connectivity index (χ2n) is 6.33. The van der Waals surface area contributed by atoms with Crippen molar-refractivity contribution in [1.29, 1.82) is 0 Å². The fourth-order valence-corrected chi connectivity index (χ4v) is 2.44. The number of nitrogens with one attached hydrogen (secondary N) is 1. The molecule has 1 heterocycles. The van der Waals surface area contributed by atoms with Crippen LogP contribution >= 0.6 is 0 Å². The van der Waals surface area contributed by atoms with Gasteiger partial charge in [0.15, 0.2) is 0 Å². The van der Waals surface area contributed by atoms with Crippen molar-refractivity contribution in [3.8, 4) is 0 Å². The van der Waals surface area contributed by atoms with Crippen molar-refractivity contribution in [2.75, 3.05) is 6.54 Å². The van der Waals surface area contributed by atoms with Crippen molar-refractivity contribution < 1.29 is 4.79 Å². The highest BCUT2D eigenvalue weighted by Gasteiger charge is 2.09. The Labute approximate surface area is 143 Å². The molecule has 24 heavy (non-hydrogen) atoms. The number of rotatable bonds is 7. The van der Waals surface area contributed by atoms with Crippen LogP contribution in [-0.2, 0) is 11.2 Å². The monoisotopic (exact) mass is 326 g/mol. The number of nitrogens with zero attached hydrogens (tertiary/aromatic N) is 2. The molecule has 0 aliphatic carbocycles. The number of aryl methyl sites for hydroxylation is 2. The minimum Gasteiger partial charge on any atom is -0.354 e. The fraction of sp³-hybridized carbons (Fsp3) is 0.421. The van der Waals surface area contributed by atoms with Crippen molar-refractivity contribution in [2.45, 2.75) is 45.6 Å². The Morgan fingerprint density at radius 2 is 1.83 bits per heavy atom. The molecule has 0 bridgehead atoms. The summed E-state index contributed by atoms with van der Waals surface area (Å²) in [5.74, 6) is 1.21. The van der Waals surface area contributed by atoms with Crippen LogP contribution in [0.4, 0.5) is 0 Å². The summed E-state index contributed by atoms with van der Waals surface area (Å²) in [4.78, 5) is 20.3. The molecule has 1 aromatic heterocycles. The lowest BCUT2D eigenvalue weighted by molar-refractivity contribution is -0.121. The lowest BCUT2D eigenvalue weighted by atomic mass is 9.99. The largest absolute Gasteiger partial charge is 0.354 e. The molecule has 1 unspecified atom stereocenters. The number of carbonyl (C=O) groups is 1. The topological polar surface area (TPSA) is 80.9 Å². The molecular weight excluding hydrogens is 300 g/mol. The molecule has 1 aromatic carbocycles. The maximum atomic E-state index is 12.0. The van der Waals surface area contributed by atoms with E-state index in [-0.39, 0.29) is 11.9 Å². The van der Waals surface area contributed by atoms with Gasteiger partial charge in [-0.2, -0.15) is 0 Å². The number of hydrogen-bond acceptors (Lipinski definition) is 4. The van der Waals surface area contributed by atoms with Gasteiger partial charge in [-0.15, -0.1) is 0 Å². The van der Waals surface area contributed by atoms with Gasteiger partial charge in [-0.05, 0) is 36.5 Å². The summed E-state index contributed by atoms with van der Waals surface area (Å²) < 4.78 is 0. The van der Waals surface area contributed by atoms with Gasteiger partial charge in [0.05, 0.1) is 0 Å². The Balaban J connectivity index is 1.78. The number of hydrogen-bond donors (Lipinski definition) is 2. The molecule has 0 radical (unpaired) electrons. The predicted molar refractivity (Wildman–Crippen MR) is 95.6 cm³/mol. The first-order chi connectivity index (χ1) is 11.5. The molecule has 0 spiro atoms. The highest BCUT2D eigenvalue weighted by Crippen LogP contribution is 2.17. The van der Waals surface area contributed by atoms with Gasteiger partial charge in [0, 0.05) is 30.9 Å². The Hall–Kier alpha value is -2.27. The molecule has 1 amide bonds. The first kappa shape index (κ1) is 18.1. The van der Waals surface area contributed by atoms with Crippen LogP contribution in [0.25, 0.3) is 0 Å². The normalized spacial score (nSPS) is 12.2. The zero-order chi connectivity index (χ0) is 17.5. The highest BCUT2D eigenvalue weighted by atomic mass is 16.1. The van der Waals surface area contributed by atoms with E-state index in [4.69, 9.17) is 5.73 Å². The Morgan fingerprint density at radius 3 is 2.46 bits per heavy atom. The number of nitrogens with two attached hydrogens (primary N) is 1. The third-order valence-electron chi connectivity index (χ3n) is 3.99. The summed E-state index contributed by atoms with van der Waals surface area (Å²) in [5, 5.41) is 2.90. The van der Waals surface area contributed by atoms with Crippen LogP contribution < -0.4 is 11.1 Å². The molecule has 1 atom stereocenters. The summed E-state index contributed by atoms with van der Waals surface area (Å²) in [6, 6.07) is 9.91. The van der Waals surface area contributed by atoms with Gasteiger partial charge in [0.2, 0.25) is 5.91 Å². The van der Waals surface area contributed by atoms with Gasteiger partial charge < -0.3 is 11.1 Å². The zero-order valence-electron chi connectivity index (χ0n) is 14.6. The van der Waals surface area contributed by atoms with Gasteiger partial charge in [0.1, 0.15) is 5.82 Å². The number of carbonyl (C=O) groups excluding carboxylic acids is 1. The summed E-state index contributed by atoms with van der Waals surface area (Å²) in [5.41, 5.74) is 9.36. The molecule has 3 N–H and O–H groups in total. The minimum atomic E-state index is -0.198. The van der Waals surface area contributed by atoms with E-state index in [2.05, 4.69) is 41.3 Å². The van der Waals surface area contributed by atoms with Gasteiger partial charge in [-0.25, -0.2) is 9.97 Å². The SMILES string of the molecule is Cc1nccc(CCC(=O)NCC(N)c2ccc(C(C)C)cc2)n1. The van der Waals surface area contributed by atoms with Crippen molar-refractivity contribution in [3.05, 3.63) is 59.2 Å². The average molecular weight is 326 g/mol. The van der Waals surface area contributed by atoms with Crippen molar-refractivity contribution in [3.63, 3.8) is 0 Å². The van der Waals surface area contributed by atoms with E-state index in [9.17, 15) is 4.79 Å². The van der Waals surface area contributed by atoms with E-state index in [1.165, 1.54) is 5.56 Å². The highest BCUT2D eigenvalue weighted by molar-refractivity contribution is 5.76. The van der Waals surface area contributed by atoms with Crippen LogP contribution in [0.15, 0.2) is 36.5 Å². The van der Waals surface area contributed by atoms with Crippen LogP contribution in [0.1, 0.15) is 54.9 Å².